The molecule has 4 nitrogen and oxygen atoms in total. The van der Waals surface area contributed by atoms with Crippen molar-refractivity contribution >= 4 is 5.91 Å². The van der Waals surface area contributed by atoms with Gasteiger partial charge in [-0.3, -0.25) is 4.79 Å². The van der Waals surface area contributed by atoms with Crippen LogP contribution in [0.15, 0.2) is 54.6 Å². The largest absolute Gasteiger partial charge is 0.489 e. The highest BCUT2D eigenvalue weighted by Crippen LogP contribution is 2.15. The topological polar surface area (TPSA) is 41.6 Å². The quantitative estimate of drug-likeness (QED) is 0.762. The fourth-order valence-electron chi connectivity index (χ4n) is 2.17. The molecule has 2 aromatic rings. The van der Waals surface area contributed by atoms with Crippen molar-refractivity contribution in [2.75, 3.05) is 27.2 Å². The van der Waals surface area contributed by atoms with Crippen molar-refractivity contribution in [3.8, 4) is 5.75 Å². The molecule has 0 saturated carbocycles. The third-order valence-electron chi connectivity index (χ3n) is 3.41. The molecular weight excluding hydrogens is 288 g/mol. The Morgan fingerprint density at radius 3 is 2.61 bits per heavy atom. The summed E-state index contributed by atoms with van der Waals surface area (Å²) < 4.78 is 5.75. The Balaban J connectivity index is 1.85. The van der Waals surface area contributed by atoms with Gasteiger partial charge in [0.05, 0.1) is 0 Å². The minimum absolute atomic E-state index is 0.0612. The summed E-state index contributed by atoms with van der Waals surface area (Å²) in [5.74, 6) is 0.642. The Hall–Kier alpha value is -2.33. The summed E-state index contributed by atoms with van der Waals surface area (Å²) >= 11 is 0. The van der Waals surface area contributed by atoms with Crippen molar-refractivity contribution in [1.29, 1.82) is 0 Å². The molecule has 0 aliphatic carbocycles. The first kappa shape index (κ1) is 17.0. The van der Waals surface area contributed by atoms with E-state index in [-0.39, 0.29) is 5.91 Å². The second kappa shape index (κ2) is 8.96. The second-order valence-electron chi connectivity index (χ2n) is 5.71. The molecule has 0 bridgehead atoms. The van der Waals surface area contributed by atoms with E-state index in [9.17, 15) is 4.79 Å². The van der Waals surface area contributed by atoms with Crippen LogP contribution in [0.3, 0.4) is 0 Å². The van der Waals surface area contributed by atoms with Gasteiger partial charge in [0, 0.05) is 12.1 Å². The zero-order valence-electron chi connectivity index (χ0n) is 13.8. The molecule has 0 unspecified atom stereocenters. The van der Waals surface area contributed by atoms with Crippen LogP contribution in [0.5, 0.6) is 5.75 Å². The van der Waals surface area contributed by atoms with E-state index < -0.39 is 0 Å². The van der Waals surface area contributed by atoms with Gasteiger partial charge in [-0.05, 0) is 50.8 Å². The number of nitrogens with zero attached hydrogens (tertiary/aromatic N) is 1. The van der Waals surface area contributed by atoms with Crippen molar-refractivity contribution in [1.82, 2.24) is 10.2 Å². The lowest BCUT2D eigenvalue weighted by Gasteiger charge is -2.11. The summed E-state index contributed by atoms with van der Waals surface area (Å²) in [6.07, 6.45) is 0.933. The number of hydrogen-bond donors (Lipinski definition) is 1. The van der Waals surface area contributed by atoms with Crippen LogP contribution in [-0.2, 0) is 6.61 Å². The Morgan fingerprint density at radius 1 is 1.09 bits per heavy atom. The zero-order valence-corrected chi connectivity index (χ0v) is 13.8. The first-order valence-electron chi connectivity index (χ1n) is 7.85. The molecule has 0 heterocycles. The van der Waals surface area contributed by atoms with Crippen LogP contribution in [0.2, 0.25) is 0 Å². The van der Waals surface area contributed by atoms with E-state index >= 15 is 0 Å². The lowest BCUT2D eigenvalue weighted by atomic mass is 10.2. The summed E-state index contributed by atoms with van der Waals surface area (Å²) in [7, 11) is 4.05. The van der Waals surface area contributed by atoms with Gasteiger partial charge in [0.15, 0.2) is 0 Å². The highest BCUT2D eigenvalue weighted by Gasteiger charge is 2.06. The highest BCUT2D eigenvalue weighted by molar-refractivity contribution is 5.94. The minimum Gasteiger partial charge on any atom is -0.489 e. The van der Waals surface area contributed by atoms with Crippen LogP contribution in [0.1, 0.15) is 22.3 Å². The maximum atomic E-state index is 12.1. The van der Waals surface area contributed by atoms with Gasteiger partial charge in [-0.2, -0.15) is 0 Å². The van der Waals surface area contributed by atoms with E-state index in [2.05, 4.69) is 10.2 Å². The first-order chi connectivity index (χ1) is 11.1. The number of nitrogens with one attached hydrogen (secondary N) is 1. The first-order valence-corrected chi connectivity index (χ1v) is 7.85. The van der Waals surface area contributed by atoms with Crippen LogP contribution in [0.4, 0.5) is 0 Å². The summed E-state index contributed by atoms with van der Waals surface area (Å²) in [5.41, 5.74) is 1.73. The van der Waals surface area contributed by atoms with Crippen LogP contribution in [0, 0.1) is 0 Å². The normalized spacial score (nSPS) is 10.6. The molecule has 2 aromatic carbocycles. The molecule has 23 heavy (non-hydrogen) atoms. The molecule has 122 valence electrons. The van der Waals surface area contributed by atoms with Gasteiger partial charge in [0.1, 0.15) is 12.4 Å². The number of amides is 1. The van der Waals surface area contributed by atoms with Crippen molar-refractivity contribution in [3.05, 3.63) is 65.7 Å². The molecule has 0 aromatic heterocycles. The van der Waals surface area contributed by atoms with Crippen molar-refractivity contribution in [2.45, 2.75) is 13.0 Å². The summed E-state index contributed by atoms with van der Waals surface area (Å²) in [5, 5.41) is 2.93. The zero-order chi connectivity index (χ0) is 16.5. The van der Waals surface area contributed by atoms with Crippen LogP contribution < -0.4 is 10.1 Å². The Bertz CT molecular complexity index is 612. The predicted octanol–water partition coefficient (Wildman–Crippen LogP) is 2.95. The molecule has 0 fully saturated rings. The van der Waals surface area contributed by atoms with Gasteiger partial charge < -0.3 is 15.0 Å². The molecule has 2 rings (SSSR count). The third kappa shape index (κ3) is 6.12. The van der Waals surface area contributed by atoms with Gasteiger partial charge >= 0.3 is 0 Å². The number of rotatable bonds is 8. The van der Waals surface area contributed by atoms with Gasteiger partial charge in [-0.1, -0.05) is 36.4 Å². The highest BCUT2D eigenvalue weighted by atomic mass is 16.5. The summed E-state index contributed by atoms with van der Waals surface area (Å²) in [6.45, 7) is 2.13. The third-order valence-corrected chi connectivity index (χ3v) is 3.41. The predicted molar refractivity (Wildman–Crippen MR) is 92.7 cm³/mol. The lowest BCUT2D eigenvalue weighted by Crippen LogP contribution is -2.27. The van der Waals surface area contributed by atoms with E-state index in [1.54, 1.807) is 12.1 Å². The van der Waals surface area contributed by atoms with Gasteiger partial charge in [0.2, 0.25) is 0 Å². The van der Waals surface area contributed by atoms with Crippen LogP contribution in [0.25, 0.3) is 0 Å². The monoisotopic (exact) mass is 312 g/mol. The number of benzene rings is 2. The van der Waals surface area contributed by atoms with E-state index in [4.69, 9.17) is 4.74 Å². The maximum absolute atomic E-state index is 12.1. The maximum Gasteiger partial charge on any atom is 0.251 e. The summed E-state index contributed by atoms with van der Waals surface area (Å²) in [4.78, 5) is 14.2. The molecule has 4 heteroatoms. The van der Waals surface area contributed by atoms with Gasteiger partial charge in [-0.25, -0.2) is 0 Å². The fraction of sp³-hybridized carbons (Fsp3) is 0.316. The number of hydrogen-bond acceptors (Lipinski definition) is 3. The minimum atomic E-state index is -0.0612. The number of ether oxygens (including phenoxy) is 1. The fourth-order valence-corrected chi connectivity index (χ4v) is 2.17. The number of carbonyl (C=O) groups excluding carboxylic acids is 1. The van der Waals surface area contributed by atoms with E-state index in [1.165, 1.54) is 0 Å². The smallest absolute Gasteiger partial charge is 0.251 e. The molecule has 1 N–H and O–H groups in total. The van der Waals surface area contributed by atoms with Crippen molar-refractivity contribution in [3.63, 3.8) is 0 Å². The summed E-state index contributed by atoms with van der Waals surface area (Å²) in [6, 6.07) is 17.3. The molecule has 0 aliphatic heterocycles. The van der Waals surface area contributed by atoms with Crippen molar-refractivity contribution in [2.24, 2.45) is 0 Å². The van der Waals surface area contributed by atoms with Crippen LogP contribution >= 0.6 is 0 Å². The van der Waals surface area contributed by atoms with Gasteiger partial charge in [-0.15, -0.1) is 0 Å². The van der Waals surface area contributed by atoms with E-state index in [0.717, 1.165) is 18.5 Å². The Morgan fingerprint density at radius 2 is 1.87 bits per heavy atom. The average molecular weight is 312 g/mol. The molecular formula is C19H24N2O2. The molecule has 0 saturated heterocycles. The van der Waals surface area contributed by atoms with E-state index in [1.807, 2.05) is 56.6 Å². The molecule has 0 atom stereocenters. The van der Waals surface area contributed by atoms with E-state index in [0.29, 0.717) is 24.5 Å². The molecule has 0 aliphatic rings. The second-order valence-corrected chi connectivity index (χ2v) is 5.71. The Labute approximate surface area is 138 Å². The van der Waals surface area contributed by atoms with Crippen molar-refractivity contribution < 1.29 is 9.53 Å². The Kier molecular flexibility index (Phi) is 6.63. The lowest BCUT2D eigenvalue weighted by molar-refractivity contribution is 0.0952. The standard InChI is InChI=1S/C19H24N2O2/c1-21(2)13-7-12-20-19(22)17-10-6-11-18(14-17)23-15-16-8-4-3-5-9-16/h3-6,8-11,14H,7,12-13,15H2,1-2H3,(H,20,22). The SMILES string of the molecule is CN(C)CCCNC(=O)c1cccc(OCc2ccccc2)c1. The number of carbonyl (C=O) groups is 1. The average Bonchev–Trinajstić information content (AvgIpc) is 2.58. The van der Waals surface area contributed by atoms with Gasteiger partial charge in [0.25, 0.3) is 5.91 Å². The molecule has 0 radical (unpaired) electrons. The molecule has 1 amide bonds. The molecule has 0 spiro atoms. The van der Waals surface area contributed by atoms with Crippen LogP contribution in [-0.4, -0.2) is 38.0 Å².